The summed E-state index contributed by atoms with van der Waals surface area (Å²) in [5.74, 6) is 0.637. The molecule has 0 saturated carbocycles. The minimum atomic E-state index is -0.671. The lowest BCUT2D eigenvalue weighted by Crippen LogP contribution is -2.35. The maximum atomic E-state index is 11.0. The maximum absolute atomic E-state index is 11.0. The largest absolute Gasteiger partial charge is 0.493 e. The Balaban J connectivity index is 1.91. The first-order valence-electron chi connectivity index (χ1n) is 8.39. The van der Waals surface area contributed by atoms with Gasteiger partial charge in [0.05, 0.1) is 13.0 Å². The predicted molar refractivity (Wildman–Crippen MR) is 92.7 cm³/mol. The van der Waals surface area contributed by atoms with Gasteiger partial charge in [-0.15, -0.1) is 0 Å². The van der Waals surface area contributed by atoms with Crippen LogP contribution in [0.5, 0.6) is 11.5 Å². The van der Waals surface area contributed by atoms with Gasteiger partial charge in [0, 0.05) is 13.1 Å². The van der Waals surface area contributed by atoms with Gasteiger partial charge in [0.1, 0.15) is 6.61 Å². The normalized spacial score (nSPS) is 16.3. The molecule has 1 aliphatic rings. The molecular formula is C18H28N2O4. The van der Waals surface area contributed by atoms with Gasteiger partial charge in [-0.2, -0.15) is 0 Å². The molecule has 134 valence electrons. The third kappa shape index (κ3) is 5.39. The molecule has 1 aromatic rings. The average Bonchev–Trinajstić information content (AvgIpc) is 2.56. The van der Waals surface area contributed by atoms with Crippen LogP contribution in [0.1, 0.15) is 18.4 Å². The zero-order valence-electron chi connectivity index (χ0n) is 14.8. The highest BCUT2D eigenvalue weighted by Gasteiger charge is 2.24. The lowest BCUT2D eigenvalue weighted by atomic mass is 9.97. The molecule has 0 aromatic heterocycles. The summed E-state index contributed by atoms with van der Waals surface area (Å²) >= 11 is 0. The molecule has 6 nitrogen and oxygen atoms in total. The van der Waals surface area contributed by atoms with Crippen molar-refractivity contribution in [3.63, 3.8) is 0 Å². The number of rotatable bonds is 8. The van der Waals surface area contributed by atoms with Crippen molar-refractivity contribution < 1.29 is 19.4 Å². The van der Waals surface area contributed by atoms with E-state index in [0.29, 0.717) is 6.61 Å². The average molecular weight is 336 g/mol. The lowest BCUT2D eigenvalue weighted by molar-refractivity contribution is -0.143. The minimum Gasteiger partial charge on any atom is -0.493 e. The Morgan fingerprint density at radius 2 is 2.00 bits per heavy atom. The van der Waals surface area contributed by atoms with Gasteiger partial charge in [0.15, 0.2) is 11.5 Å². The van der Waals surface area contributed by atoms with Gasteiger partial charge in [0.25, 0.3) is 0 Å². The molecule has 6 heteroatoms. The number of hydrogen-bond acceptors (Lipinski definition) is 5. The first-order chi connectivity index (χ1) is 11.5. The molecule has 0 spiro atoms. The van der Waals surface area contributed by atoms with Crippen molar-refractivity contribution in [2.75, 3.05) is 47.4 Å². The number of ether oxygens (including phenoxy) is 2. The van der Waals surface area contributed by atoms with E-state index in [1.54, 1.807) is 7.11 Å². The van der Waals surface area contributed by atoms with E-state index >= 15 is 0 Å². The predicted octanol–water partition coefficient (Wildman–Crippen LogP) is 1.93. The van der Waals surface area contributed by atoms with Crippen LogP contribution in [0.25, 0.3) is 0 Å². The smallest absolute Gasteiger partial charge is 0.306 e. The van der Waals surface area contributed by atoms with Gasteiger partial charge in [-0.05, 0) is 57.7 Å². The van der Waals surface area contributed by atoms with Crippen LogP contribution in [0.2, 0.25) is 0 Å². The number of carbonyl (C=O) groups is 1. The van der Waals surface area contributed by atoms with Crippen molar-refractivity contribution in [2.45, 2.75) is 19.4 Å². The van der Waals surface area contributed by atoms with Crippen molar-refractivity contribution in [2.24, 2.45) is 5.92 Å². The maximum Gasteiger partial charge on any atom is 0.306 e. The van der Waals surface area contributed by atoms with Gasteiger partial charge in [0.2, 0.25) is 0 Å². The number of aliphatic carboxylic acids is 1. The number of carboxylic acid groups (broad SMARTS) is 1. The van der Waals surface area contributed by atoms with Gasteiger partial charge >= 0.3 is 5.97 Å². The minimum absolute atomic E-state index is 0.191. The zero-order chi connectivity index (χ0) is 17.5. The zero-order valence-corrected chi connectivity index (χ0v) is 14.8. The summed E-state index contributed by atoms with van der Waals surface area (Å²) < 4.78 is 11.2. The fourth-order valence-electron chi connectivity index (χ4n) is 2.86. The number of hydrogen-bond donors (Lipinski definition) is 1. The molecule has 0 atom stereocenters. The third-order valence-electron chi connectivity index (χ3n) is 4.37. The molecule has 24 heavy (non-hydrogen) atoms. The van der Waals surface area contributed by atoms with Crippen LogP contribution in [-0.2, 0) is 11.3 Å². The van der Waals surface area contributed by atoms with Crippen LogP contribution < -0.4 is 9.47 Å². The first-order valence-corrected chi connectivity index (χ1v) is 8.39. The van der Waals surface area contributed by atoms with Crippen molar-refractivity contribution >= 4 is 5.97 Å². The molecule has 0 aliphatic carbocycles. The molecule has 0 amide bonds. The second kappa shape index (κ2) is 8.89. The number of methoxy groups -OCH3 is 1. The van der Waals surface area contributed by atoms with E-state index in [0.717, 1.165) is 56.1 Å². The molecule has 0 radical (unpaired) electrons. The molecule has 1 fully saturated rings. The Bertz CT molecular complexity index is 540. The SMILES string of the molecule is COc1cc(CN2CCC(C(=O)O)CC2)ccc1OCCN(C)C. The number of likely N-dealkylation sites (N-methyl/N-ethyl adjacent to an activating group) is 1. The molecule has 0 unspecified atom stereocenters. The van der Waals surface area contributed by atoms with E-state index in [2.05, 4.69) is 15.9 Å². The summed E-state index contributed by atoms with van der Waals surface area (Å²) in [4.78, 5) is 15.4. The second-order valence-corrected chi connectivity index (χ2v) is 6.53. The highest BCUT2D eigenvalue weighted by Crippen LogP contribution is 2.29. The summed E-state index contributed by atoms with van der Waals surface area (Å²) in [6.07, 6.45) is 1.44. The number of piperidine rings is 1. The fraction of sp³-hybridized carbons (Fsp3) is 0.611. The molecule has 0 bridgehead atoms. The van der Waals surface area contributed by atoms with E-state index < -0.39 is 5.97 Å². The Morgan fingerprint density at radius 3 is 2.58 bits per heavy atom. The number of likely N-dealkylation sites (tertiary alicyclic amines) is 1. The van der Waals surface area contributed by atoms with Crippen LogP contribution in [0.4, 0.5) is 0 Å². The van der Waals surface area contributed by atoms with E-state index in [4.69, 9.17) is 14.6 Å². The summed E-state index contributed by atoms with van der Waals surface area (Å²) in [5, 5.41) is 9.07. The summed E-state index contributed by atoms with van der Waals surface area (Å²) in [6, 6.07) is 6.01. The summed E-state index contributed by atoms with van der Waals surface area (Å²) in [7, 11) is 5.67. The van der Waals surface area contributed by atoms with Crippen molar-refractivity contribution in [3.05, 3.63) is 23.8 Å². The fourth-order valence-corrected chi connectivity index (χ4v) is 2.86. The molecule has 2 rings (SSSR count). The van der Waals surface area contributed by atoms with Crippen molar-refractivity contribution in [3.8, 4) is 11.5 Å². The van der Waals surface area contributed by atoms with Crippen LogP contribution in [0.3, 0.4) is 0 Å². The highest BCUT2D eigenvalue weighted by molar-refractivity contribution is 5.70. The van der Waals surface area contributed by atoms with Crippen LogP contribution in [-0.4, -0.2) is 68.3 Å². The lowest BCUT2D eigenvalue weighted by Gasteiger charge is -2.30. The van der Waals surface area contributed by atoms with E-state index in [-0.39, 0.29) is 5.92 Å². The van der Waals surface area contributed by atoms with E-state index in [1.165, 1.54) is 0 Å². The molecule has 1 saturated heterocycles. The van der Waals surface area contributed by atoms with E-state index in [9.17, 15) is 4.79 Å². The Hall–Kier alpha value is -1.79. The van der Waals surface area contributed by atoms with Crippen LogP contribution in [0, 0.1) is 5.92 Å². The molecule has 1 N–H and O–H groups in total. The number of nitrogens with zero attached hydrogens (tertiary/aromatic N) is 2. The van der Waals surface area contributed by atoms with Gasteiger partial charge in [-0.1, -0.05) is 6.07 Å². The van der Waals surface area contributed by atoms with Gasteiger partial charge < -0.3 is 19.5 Å². The molecule has 1 heterocycles. The van der Waals surface area contributed by atoms with Gasteiger partial charge in [-0.3, -0.25) is 9.69 Å². The topological polar surface area (TPSA) is 62.2 Å². The number of benzene rings is 1. The van der Waals surface area contributed by atoms with E-state index in [1.807, 2.05) is 26.2 Å². The van der Waals surface area contributed by atoms with Crippen LogP contribution in [0.15, 0.2) is 18.2 Å². The third-order valence-corrected chi connectivity index (χ3v) is 4.37. The molecule has 1 aromatic carbocycles. The monoisotopic (exact) mass is 336 g/mol. The molecular weight excluding hydrogens is 308 g/mol. The quantitative estimate of drug-likeness (QED) is 0.783. The van der Waals surface area contributed by atoms with Crippen molar-refractivity contribution in [1.82, 2.24) is 9.80 Å². The Labute approximate surface area is 144 Å². The second-order valence-electron chi connectivity index (χ2n) is 6.53. The van der Waals surface area contributed by atoms with Crippen molar-refractivity contribution in [1.29, 1.82) is 0 Å². The first kappa shape index (κ1) is 18.5. The molecule has 1 aliphatic heterocycles. The van der Waals surface area contributed by atoms with Gasteiger partial charge in [-0.25, -0.2) is 0 Å². The summed E-state index contributed by atoms with van der Waals surface area (Å²) in [6.45, 7) is 3.91. The highest BCUT2D eigenvalue weighted by atomic mass is 16.5. The standard InChI is InChI=1S/C18H28N2O4/c1-19(2)10-11-24-16-5-4-14(12-17(16)23-3)13-20-8-6-15(7-9-20)18(21)22/h4-5,12,15H,6-11,13H2,1-3H3,(H,21,22). The summed E-state index contributed by atoms with van der Waals surface area (Å²) in [5.41, 5.74) is 1.15. The van der Waals surface area contributed by atoms with Crippen LogP contribution >= 0.6 is 0 Å². The number of carboxylic acids is 1. The Morgan fingerprint density at radius 1 is 1.29 bits per heavy atom. The Kier molecular flexibility index (Phi) is 6.87.